The van der Waals surface area contributed by atoms with E-state index in [0.717, 1.165) is 59.9 Å². The quantitative estimate of drug-likeness (QED) is 0.0947. The van der Waals surface area contributed by atoms with Gasteiger partial charge in [0, 0.05) is 53.7 Å². The number of halogens is 1. The van der Waals surface area contributed by atoms with E-state index in [9.17, 15) is 9.59 Å². The molecule has 0 bridgehead atoms. The van der Waals surface area contributed by atoms with Crippen LogP contribution in [0.25, 0.3) is 22.5 Å². The van der Waals surface area contributed by atoms with Crippen molar-refractivity contribution in [1.29, 1.82) is 0 Å². The number of hydrogen-bond donors (Lipinski definition) is 6. The molecule has 6 aromatic rings. The molecule has 13 nitrogen and oxygen atoms in total. The number of carbonyl (C=O) groups excluding carboxylic acids is 2. The first-order valence-electron chi connectivity index (χ1n) is 17.9. The largest absolute Gasteiger partial charge is 0.497 e. The number of carbonyl (C=O) groups is 2. The van der Waals surface area contributed by atoms with Gasteiger partial charge in [0.05, 0.1) is 43.9 Å². The molecule has 2 fully saturated rings. The molecule has 2 aliphatic heterocycles. The minimum absolute atomic E-state index is 0.0522. The molecule has 0 spiro atoms. The standard InChI is InChI=1S/C21H22N4O3.C20H19ClN4O2/c1-27-17-4-2-3-15(11-17)18-12-19(25-24-18)21(26)23-16-7-5-14(6-8-16)20-13-22-9-10-28-20;21-15-3-1-2-14(10-15)17-11-18(25-24-17)20(26)23-16-6-4-13(5-7-16)19-12-22-8-9-27-19/h2-8,11-12,20,22H,9-10,13H2,1H3,(H,23,26)(H,24,25);1-7,10-11,19,22H,8-9,12H2,(H,23,26)(H,24,25)/t20-;19-/m00/s1. The Hall–Kier alpha value is -5.83. The Bertz CT molecular complexity index is 2190. The molecule has 55 heavy (non-hydrogen) atoms. The van der Waals surface area contributed by atoms with Crippen LogP contribution in [0.2, 0.25) is 5.02 Å². The smallest absolute Gasteiger partial charge is 0.273 e. The Morgan fingerprint density at radius 2 is 1.16 bits per heavy atom. The van der Waals surface area contributed by atoms with Gasteiger partial charge < -0.3 is 35.5 Å². The van der Waals surface area contributed by atoms with E-state index in [-0.39, 0.29) is 24.0 Å². The van der Waals surface area contributed by atoms with Gasteiger partial charge in [-0.25, -0.2) is 0 Å². The number of benzene rings is 4. The number of amides is 2. The summed E-state index contributed by atoms with van der Waals surface area (Å²) in [7, 11) is 1.62. The maximum Gasteiger partial charge on any atom is 0.273 e. The molecule has 8 rings (SSSR count). The zero-order valence-corrected chi connectivity index (χ0v) is 30.9. The van der Waals surface area contributed by atoms with E-state index in [1.54, 1.807) is 31.4 Å². The van der Waals surface area contributed by atoms with Crippen molar-refractivity contribution >= 4 is 34.8 Å². The van der Waals surface area contributed by atoms with E-state index in [1.165, 1.54) is 0 Å². The van der Waals surface area contributed by atoms with Crippen molar-refractivity contribution < 1.29 is 23.8 Å². The average Bonchev–Trinajstić information content (AvgIpc) is 3.95. The summed E-state index contributed by atoms with van der Waals surface area (Å²) >= 11 is 6.01. The van der Waals surface area contributed by atoms with Crippen molar-refractivity contribution in [3.05, 3.63) is 137 Å². The van der Waals surface area contributed by atoms with Crippen LogP contribution in [0.5, 0.6) is 5.75 Å². The summed E-state index contributed by atoms with van der Waals surface area (Å²) in [5.41, 5.74) is 7.46. The number of aromatic amines is 2. The summed E-state index contributed by atoms with van der Waals surface area (Å²) in [5.74, 6) is 0.243. The Kier molecular flexibility index (Phi) is 12.3. The van der Waals surface area contributed by atoms with E-state index in [2.05, 4.69) is 41.7 Å². The molecule has 0 radical (unpaired) electrons. The molecular formula is C41H41ClN8O5. The summed E-state index contributed by atoms with van der Waals surface area (Å²) in [4.78, 5) is 25.0. The van der Waals surface area contributed by atoms with Crippen LogP contribution in [0.1, 0.15) is 44.3 Å². The van der Waals surface area contributed by atoms with Crippen LogP contribution < -0.4 is 26.0 Å². The van der Waals surface area contributed by atoms with Gasteiger partial charge in [-0.05, 0) is 71.8 Å². The normalized spacial score (nSPS) is 16.7. The van der Waals surface area contributed by atoms with Crippen molar-refractivity contribution in [1.82, 2.24) is 31.0 Å². The summed E-state index contributed by atoms with van der Waals surface area (Å²) in [6.45, 7) is 4.77. The van der Waals surface area contributed by atoms with Gasteiger partial charge in [-0.15, -0.1) is 0 Å². The van der Waals surface area contributed by atoms with E-state index < -0.39 is 0 Å². The van der Waals surface area contributed by atoms with Crippen LogP contribution in [-0.4, -0.2) is 78.7 Å². The van der Waals surface area contributed by atoms with E-state index in [4.69, 9.17) is 25.8 Å². The number of anilines is 2. The first kappa shape index (κ1) is 37.5. The fraction of sp³-hybridized carbons (Fsp3) is 0.220. The topological polar surface area (TPSA) is 167 Å². The van der Waals surface area contributed by atoms with Gasteiger partial charge in [0.1, 0.15) is 17.1 Å². The lowest BCUT2D eigenvalue weighted by atomic mass is 10.1. The highest BCUT2D eigenvalue weighted by Crippen LogP contribution is 2.26. The van der Waals surface area contributed by atoms with Crippen molar-refractivity contribution in [3.63, 3.8) is 0 Å². The predicted octanol–water partition coefficient (Wildman–Crippen LogP) is 6.64. The van der Waals surface area contributed by atoms with Gasteiger partial charge in [0.25, 0.3) is 11.8 Å². The minimum Gasteiger partial charge on any atom is -0.497 e. The number of morpholine rings is 2. The molecule has 14 heteroatoms. The SMILES string of the molecule is COc1cccc(-c2cc(C(=O)Nc3ccc([C@@H]4CNCCO4)cc3)[nH]n2)c1.O=C(Nc1ccc([C@@H]2CNCCO2)cc1)c1cc(-c2cccc(Cl)c2)n[nH]1. The molecular weight excluding hydrogens is 720 g/mol. The molecule has 2 atom stereocenters. The van der Waals surface area contributed by atoms with Crippen LogP contribution in [0.15, 0.2) is 109 Å². The molecule has 2 saturated heterocycles. The molecule has 2 amide bonds. The second-order valence-corrected chi connectivity index (χ2v) is 13.3. The number of nitrogens with one attached hydrogen (secondary N) is 6. The maximum atomic E-state index is 12.5. The predicted molar refractivity (Wildman–Crippen MR) is 212 cm³/mol. The van der Waals surface area contributed by atoms with Crippen LogP contribution in [0.4, 0.5) is 11.4 Å². The molecule has 0 saturated carbocycles. The molecule has 4 heterocycles. The van der Waals surface area contributed by atoms with Gasteiger partial charge in [0.2, 0.25) is 0 Å². The monoisotopic (exact) mass is 760 g/mol. The van der Waals surface area contributed by atoms with Crippen LogP contribution >= 0.6 is 11.6 Å². The molecule has 6 N–H and O–H groups in total. The third-order valence-electron chi connectivity index (χ3n) is 9.07. The lowest BCUT2D eigenvalue weighted by Gasteiger charge is -2.24. The average molecular weight is 761 g/mol. The number of nitrogens with zero attached hydrogens (tertiary/aromatic N) is 2. The molecule has 282 valence electrons. The number of aromatic nitrogens is 4. The fourth-order valence-electron chi connectivity index (χ4n) is 6.12. The van der Waals surface area contributed by atoms with Gasteiger partial charge in [0.15, 0.2) is 0 Å². The lowest BCUT2D eigenvalue weighted by molar-refractivity contribution is 0.0276. The van der Waals surface area contributed by atoms with Crippen LogP contribution in [-0.2, 0) is 9.47 Å². The Balaban J connectivity index is 0.000000169. The Labute approximate surface area is 323 Å². The van der Waals surface area contributed by atoms with Crippen molar-refractivity contribution in [2.24, 2.45) is 0 Å². The first-order valence-corrected chi connectivity index (χ1v) is 18.3. The maximum absolute atomic E-state index is 12.5. The summed E-state index contributed by atoms with van der Waals surface area (Å²) in [6, 6.07) is 33.7. The minimum atomic E-state index is -0.251. The number of H-pyrrole nitrogens is 2. The third-order valence-corrected chi connectivity index (χ3v) is 9.30. The lowest BCUT2D eigenvalue weighted by Crippen LogP contribution is -2.33. The van der Waals surface area contributed by atoms with E-state index >= 15 is 0 Å². The summed E-state index contributed by atoms with van der Waals surface area (Å²) < 4.78 is 16.7. The summed E-state index contributed by atoms with van der Waals surface area (Å²) in [5, 5.41) is 27.0. The van der Waals surface area contributed by atoms with Crippen LogP contribution in [0.3, 0.4) is 0 Å². The highest BCUT2D eigenvalue weighted by Gasteiger charge is 2.18. The molecule has 4 aromatic carbocycles. The second kappa shape index (κ2) is 18.0. The molecule has 2 aliphatic rings. The highest BCUT2D eigenvalue weighted by molar-refractivity contribution is 6.30. The third kappa shape index (κ3) is 9.84. The Morgan fingerprint density at radius 1 is 0.673 bits per heavy atom. The Morgan fingerprint density at radius 3 is 1.62 bits per heavy atom. The molecule has 0 unspecified atom stereocenters. The van der Waals surface area contributed by atoms with E-state index in [0.29, 0.717) is 46.7 Å². The van der Waals surface area contributed by atoms with Gasteiger partial charge in [-0.1, -0.05) is 60.1 Å². The molecule has 2 aromatic heterocycles. The highest BCUT2D eigenvalue weighted by atomic mass is 35.5. The van der Waals surface area contributed by atoms with E-state index in [1.807, 2.05) is 84.9 Å². The van der Waals surface area contributed by atoms with Crippen molar-refractivity contribution in [2.75, 3.05) is 57.1 Å². The number of ether oxygens (including phenoxy) is 3. The zero-order valence-electron chi connectivity index (χ0n) is 30.1. The van der Waals surface area contributed by atoms with Crippen molar-refractivity contribution in [2.45, 2.75) is 12.2 Å². The number of rotatable bonds is 9. The second-order valence-electron chi connectivity index (χ2n) is 12.9. The van der Waals surface area contributed by atoms with Gasteiger partial charge in [-0.2, -0.15) is 10.2 Å². The van der Waals surface area contributed by atoms with Crippen molar-refractivity contribution in [3.8, 4) is 28.3 Å². The fourth-order valence-corrected chi connectivity index (χ4v) is 6.31. The van der Waals surface area contributed by atoms with Gasteiger partial charge >= 0.3 is 0 Å². The number of hydrogen-bond acceptors (Lipinski definition) is 9. The summed E-state index contributed by atoms with van der Waals surface area (Å²) in [6.07, 6.45) is 0.105. The number of methoxy groups -OCH3 is 1. The van der Waals surface area contributed by atoms with Gasteiger partial charge in [-0.3, -0.25) is 19.8 Å². The van der Waals surface area contributed by atoms with Crippen LogP contribution in [0, 0.1) is 0 Å². The molecule has 0 aliphatic carbocycles. The first-order chi connectivity index (χ1) is 26.9. The zero-order chi connectivity index (χ0) is 38.0.